The second-order valence-corrected chi connectivity index (χ2v) is 5.31. The Hall–Kier alpha value is -2.28. The summed E-state index contributed by atoms with van der Waals surface area (Å²) in [5, 5.41) is 2.77. The first-order valence-electron chi connectivity index (χ1n) is 6.29. The molecule has 100 valence electrons. The van der Waals surface area contributed by atoms with Crippen molar-refractivity contribution in [1.82, 2.24) is 13.7 Å². The SMILES string of the molecule is O=C(Nc1ccc2oc(C3CC3)nc2c1)c1cnsn1. The number of nitrogens with zero attached hydrogens (tertiary/aromatic N) is 3. The van der Waals surface area contributed by atoms with Gasteiger partial charge >= 0.3 is 0 Å². The van der Waals surface area contributed by atoms with Crippen LogP contribution in [-0.4, -0.2) is 19.6 Å². The fraction of sp³-hybridized carbons (Fsp3) is 0.231. The number of oxazole rings is 1. The molecule has 0 radical (unpaired) electrons. The first kappa shape index (κ1) is 11.5. The summed E-state index contributed by atoms with van der Waals surface area (Å²) in [5.41, 5.74) is 2.50. The summed E-state index contributed by atoms with van der Waals surface area (Å²) in [5.74, 6) is 0.998. The molecule has 1 aliphatic carbocycles. The number of hydrogen-bond acceptors (Lipinski definition) is 6. The van der Waals surface area contributed by atoms with Crippen molar-refractivity contribution >= 4 is 34.4 Å². The van der Waals surface area contributed by atoms with Gasteiger partial charge in [0.05, 0.1) is 17.9 Å². The molecule has 3 aromatic rings. The van der Waals surface area contributed by atoms with E-state index < -0.39 is 0 Å². The van der Waals surface area contributed by atoms with E-state index in [1.807, 2.05) is 12.1 Å². The monoisotopic (exact) mass is 286 g/mol. The topological polar surface area (TPSA) is 80.9 Å². The summed E-state index contributed by atoms with van der Waals surface area (Å²) >= 11 is 1.01. The predicted molar refractivity (Wildman–Crippen MR) is 73.8 cm³/mol. The molecule has 0 bridgehead atoms. The number of rotatable bonds is 3. The van der Waals surface area contributed by atoms with E-state index in [2.05, 4.69) is 19.0 Å². The van der Waals surface area contributed by atoms with Crippen molar-refractivity contribution in [3.05, 3.63) is 36.0 Å². The number of anilines is 1. The third-order valence-electron chi connectivity index (χ3n) is 3.18. The number of aromatic nitrogens is 3. The van der Waals surface area contributed by atoms with E-state index in [-0.39, 0.29) is 5.91 Å². The van der Waals surface area contributed by atoms with Crippen LogP contribution < -0.4 is 5.32 Å². The summed E-state index contributed by atoms with van der Waals surface area (Å²) in [6, 6.07) is 5.42. The number of nitrogens with one attached hydrogen (secondary N) is 1. The fourth-order valence-electron chi connectivity index (χ4n) is 1.99. The molecular formula is C13H10N4O2S. The van der Waals surface area contributed by atoms with Crippen molar-refractivity contribution in [2.75, 3.05) is 5.32 Å². The predicted octanol–water partition coefficient (Wildman–Crippen LogP) is 2.81. The molecular weight excluding hydrogens is 276 g/mol. The number of carbonyl (C=O) groups is 1. The first-order chi connectivity index (χ1) is 9.79. The Morgan fingerprint density at radius 2 is 2.30 bits per heavy atom. The number of benzene rings is 1. The summed E-state index contributed by atoms with van der Waals surface area (Å²) in [4.78, 5) is 16.3. The molecule has 1 aromatic carbocycles. The Labute approximate surface area is 118 Å². The van der Waals surface area contributed by atoms with Crippen LogP contribution in [-0.2, 0) is 0 Å². The zero-order valence-corrected chi connectivity index (χ0v) is 11.2. The van der Waals surface area contributed by atoms with Crippen LogP contribution in [0.25, 0.3) is 11.1 Å². The molecule has 4 rings (SSSR count). The third-order valence-corrected chi connectivity index (χ3v) is 3.66. The van der Waals surface area contributed by atoms with Gasteiger partial charge in [-0.3, -0.25) is 4.79 Å². The molecule has 1 amide bonds. The third kappa shape index (κ3) is 2.05. The van der Waals surface area contributed by atoms with Gasteiger partial charge in [0.25, 0.3) is 5.91 Å². The van der Waals surface area contributed by atoms with Crippen LogP contribution in [0.15, 0.2) is 28.8 Å². The largest absolute Gasteiger partial charge is 0.440 e. The lowest BCUT2D eigenvalue weighted by Gasteiger charge is -2.01. The van der Waals surface area contributed by atoms with Crippen LogP contribution >= 0.6 is 11.7 Å². The minimum atomic E-state index is -0.274. The quantitative estimate of drug-likeness (QED) is 0.800. The lowest BCUT2D eigenvalue weighted by molar-refractivity contribution is 0.102. The molecule has 1 saturated carbocycles. The van der Waals surface area contributed by atoms with Gasteiger partial charge in [-0.05, 0) is 31.0 Å². The molecule has 1 aliphatic rings. The standard InChI is InChI=1S/C13H10N4O2S/c18-12(10-6-14-20-17-10)15-8-3-4-11-9(5-8)16-13(19-11)7-1-2-7/h3-7H,1-2H2,(H,15,18). The van der Waals surface area contributed by atoms with Gasteiger partial charge in [0.15, 0.2) is 17.2 Å². The van der Waals surface area contributed by atoms with Crippen LogP contribution in [0, 0.1) is 0 Å². The minimum absolute atomic E-state index is 0.274. The highest BCUT2D eigenvalue weighted by Crippen LogP contribution is 2.40. The maximum absolute atomic E-state index is 11.9. The van der Waals surface area contributed by atoms with Crippen molar-refractivity contribution in [3.63, 3.8) is 0 Å². The average molecular weight is 286 g/mol. The van der Waals surface area contributed by atoms with Gasteiger partial charge in [0, 0.05) is 11.6 Å². The zero-order chi connectivity index (χ0) is 13.5. The maximum atomic E-state index is 11.9. The van der Waals surface area contributed by atoms with Gasteiger partial charge in [-0.1, -0.05) is 0 Å². The van der Waals surface area contributed by atoms with E-state index >= 15 is 0 Å². The van der Waals surface area contributed by atoms with Crippen molar-refractivity contribution < 1.29 is 9.21 Å². The molecule has 1 N–H and O–H groups in total. The van der Waals surface area contributed by atoms with Gasteiger partial charge in [-0.15, -0.1) is 0 Å². The normalized spacial score (nSPS) is 14.6. The van der Waals surface area contributed by atoms with E-state index in [0.29, 0.717) is 17.3 Å². The second kappa shape index (κ2) is 4.38. The lowest BCUT2D eigenvalue weighted by atomic mass is 10.3. The molecule has 2 heterocycles. The molecule has 0 unspecified atom stereocenters. The number of amides is 1. The fourth-order valence-corrected chi connectivity index (χ4v) is 2.40. The highest BCUT2D eigenvalue weighted by molar-refractivity contribution is 6.99. The first-order valence-corrected chi connectivity index (χ1v) is 7.02. The molecule has 1 fully saturated rings. The molecule has 0 aliphatic heterocycles. The van der Waals surface area contributed by atoms with Gasteiger partial charge in [-0.25, -0.2) is 4.98 Å². The molecule has 0 spiro atoms. The maximum Gasteiger partial charge on any atom is 0.277 e. The zero-order valence-electron chi connectivity index (χ0n) is 10.4. The molecule has 0 saturated heterocycles. The Balaban J connectivity index is 1.61. The van der Waals surface area contributed by atoms with Crippen LogP contribution in [0.5, 0.6) is 0 Å². The van der Waals surface area contributed by atoms with Crippen LogP contribution in [0.4, 0.5) is 5.69 Å². The lowest BCUT2D eigenvalue weighted by Crippen LogP contribution is -2.11. The van der Waals surface area contributed by atoms with Crippen molar-refractivity contribution in [2.45, 2.75) is 18.8 Å². The molecule has 6 nitrogen and oxygen atoms in total. The minimum Gasteiger partial charge on any atom is -0.440 e. The van der Waals surface area contributed by atoms with Crippen LogP contribution in [0.2, 0.25) is 0 Å². The van der Waals surface area contributed by atoms with Crippen LogP contribution in [0.1, 0.15) is 35.1 Å². The smallest absolute Gasteiger partial charge is 0.277 e. The molecule has 20 heavy (non-hydrogen) atoms. The summed E-state index contributed by atoms with van der Waals surface area (Å²) in [6.45, 7) is 0. The Bertz CT molecular complexity index is 777. The van der Waals surface area contributed by atoms with E-state index in [4.69, 9.17) is 4.42 Å². The Kier molecular flexibility index (Phi) is 2.53. The van der Waals surface area contributed by atoms with Crippen molar-refractivity contribution in [2.24, 2.45) is 0 Å². The molecule has 7 heteroatoms. The Morgan fingerprint density at radius 1 is 1.40 bits per heavy atom. The van der Waals surface area contributed by atoms with E-state index in [1.54, 1.807) is 6.07 Å². The second-order valence-electron chi connectivity index (χ2n) is 4.76. The van der Waals surface area contributed by atoms with Gasteiger partial charge in [0.1, 0.15) is 5.52 Å². The number of carbonyl (C=O) groups excluding carboxylic acids is 1. The van der Waals surface area contributed by atoms with Crippen molar-refractivity contribution in [1.29, 1.82) is 0 Å². The van der Waals surface area contributed by atoms with E-state index in [1.165, 1.54) is 6.20 Å². The number of fused-ring (bicyclic) bond motifs is 1. The highest BCUT2D eigenvalue weighted by Gasteiger charge is 2.28. The highest BCUT2D eigenvalue weighted by atomic mass is 32.1. The Morgan fingerprint density at radius 3 is 3.05 bits per heavy atom. The van der Waals surface area contributed by atoms with Gasteiger partial charge < -0.3 is 9.73 Å². The molecule has 2 aromatic heterocycles. The average Bonchev–Trinajstić information content (AvgIpc) is 3.00. The van der Waals surface area contributed by atoms with Crippen molar-refractivity contribution in [3.8, 4) is 0 Å². The van der Waals surface area contributed by atoms with E-state index in [0.717, 1.165) is 41.6 Å². The summed E-state index contributed by atoms with van der Waals surface area (Å²) < 4.78 is 13.4. The summed E-state index contributed by atoms with van der Waals surface area (Å²) in [6.07, 6.45) is 3.74. The number of hydrogen-bond donors (Lipinski definition) is 1. The van der Waals surface area contributed by atoms with Gasteiger partial charge in [0.2, 0.25) is 0 Å². The molecule has 0 atom stereocenters. The van der Waals surface area contributed by atoms with Crippen LogP contribution in [0.3, 0.4) is 0 Å². The van der Waals surface area contributed by atoms with Gasteiger partial charge in [-0.2, -0.15) is 8.75 Å². The van der Waals surface area contributed by atoms with E-state index in [9.17, 15) is 4.79 Å². The summed E-state index contributed by atoms with van der Waals surface area (Å²) in [7, 11) is 0.